The molecule has 0 aliphatic heterocycles. The Morgan fingerprint density at radius 1 is 0.537 bits per heavy atom. The molecule has 8 nitrogen and oxygen atoms in total. The minimum Gasteiger partial charge on any atom is -0.494 e. The molecule has 0 saturated carbocycles. The molecular formula is C33H34O8. The highest BCUT2D eigenvalue weighted by molar-refractivity contribution is 5.91. The molecule has 0 N–H and O–H groups in total. The van der Waals surface area contributed by atoms with Gasteiger partial charge in [-0.15, -0.1) is 0 Å². The second kappa shape index (κ2) is 17.0. The molecule has 3 aromatic rings. The molecule has 0 amide bonds. The maximum atomic E-state index is 12.6. The predicted octanol–water partition coefficient (Wildman–Crippen LogP) is 6.35. The van der Waals surface area contributed by atoms with Crippen molar-refractivity contribution in [2.24, 2.45) is 0 Å². The molecule has 0 atom stereocenters. The summed E-state index contributed by atoms with van der Waals surface area (Å²) >= 11 is 0. The fourth-order valence-corrected chi connectivity index (χ4v) is 3.65. The first kappa shape index (κ1) is 30.7. The Morgan fingerprint density at radius 2 is 1.00 bits per heavy atom. The number of carbonyl (C=O) groups excluding carboxylic acids is 3. The third kappa shape index (κ3) is 11.0. The molecule has 0 bridgehead atoms. The summed E-state index contributed by atoms with van der Waals surface area (Å²) in [6.45, 7) is 8.05. The van der Waals surface area contributed by atoms with Crippen LogP contribution in [0.5, 0.6) is 17.2 Å². The molecule has 0 unspecified atom stereocenters. The number of hydrogen-bond acceptors (Lipinski definition) is 8. The van der Waals surface area contributed by atoms with Crippen molar-refractivity contribution in [2.75, 3.05) is 26.4 Å². The van der Waals surface area contributed by atoms with E-state index in [4.69, 9.17) is 23.7 Å². The van der Waals surface area contributed by atoms with Gasteiger partial charge in [0.05, 0.1) is 18.8 Å². The van der Waals surface area contributed by atoms with Crippen molar-refractivity contribution in [3.8, 4) is 28.4 Å². The number of benzene rings is 3. The van der Waals surface area contributed by atoms with E-state index < -0.39 is 17.9 Å². The molecule has 41 heavy (non-hydrogen) atoms. The van der Waals surface area contributed by atoms with Gasteiger partial charge in [0.2, 0.25) is 0 Å². The van der Waals surface area contributed by atoms with Gasteiger partial charge in [0.15, 0.2) is 0 Å². The first-order chi connectivity index (χ1) is 20.0. The predicted molar refractivity (Wildman–Crippen MR) is 155 cm³/mol. The van der Waals surface area contributed by atoms with Gasteiger partial charge in [-0.25, -0.2) is 14.4 Å². The second-order valence-electron chi connectivity index (χ2n) is 8.82. The molecule has 0 aliphatic rings. The Balaban J connectivity index is 1.38. The van der Waals surface area contributed by atoms with Gasteiger partial charge in [-0.3, -0.25) is 0 Å². The van der Waals surface area contributed by atoms with Crippen LogP contribution in [-0.2, 0) is 19.1 Å². The van der Waals surface area contributed by atoms with Gasteiger partial charge in [0.1, 0.15) is 30.5 Å². The number of rotatable bonds is 17. The number of hydrogen-bond donors (Lipinski definition) is 0. The topological polar surface area (TPSA) is 97.4 Å². The summed E-state index contributed by atoms with van der Waals surface area (Å²) in [4.78, 5) is 34.6. The van der Waals surface area contributed by atoms with Crippen molar-refractivity contribution in [2.45, 2.75) is 25.7 Å². The summed E-state index contributed by atoms with van der Waals surface area (Å²) in [5, 5.41) is 0. The van der Waals surface area contributed by atoms with Crippen molar-refractivity contribution in [1.82, 2.24) is 0 Å². The van der Waals surface area contributed by atoms with Crippen LogP contribution in [0.25, 0.3) is 11.1 Å². The molecule has 0 fully saturated rings. The molecular weight excluding hydrogens is 524 g/mol. The zero-order chi connectivity index (χ0) is 29.3. The Morgan fingerprint density at radius 3 is 1.56 bits per heavy atom. The Bertz CT molecular complexity index is 1280. The van der Waals surface area contributed by atoms with Gasteiger partial charge in [-0.1, -0.05) is 37.4 Å². The highest BCUT2D eigenvalue weighted by Gasteiger charge is 2.10. The van der Waals surface area contributed by atoms with Crippen molar-refractivity contribution >= 4 is 17.9 Å². The average molecular weight is 559 g/mol. The lowest BCUT2D eigenvalue weighted by molar-refractivity contribution is -0.139. The molecule has 0 aliphatic carbocycles. The van der Waals surface area contributed by atoms with Crippen molar-refractivity contribution in [1.29, 1.82) is 0 Å². The van der Waals surface area contributed by atoms with E-state index in [0.717, 1.165) is 49.0 Å². The van der Waals surface area contributed by atoms with E-state index in [0.29, 0.717) is 36.0 Å². The molecule has 0 saturated heterocycles. The van der Waals surface area contributed by atoms with Crippen LogP contribution in [0.2, 0.25) is 0 Å². The van der Waals surface area contributed by atoms with E-state index in [1.807, 2.05) is 36.4 Å². The van der Waals surface area contributed by atoms with Gasteiger partial charge < -0.3 is 23.7 Å². The van der Waals surface area contributed by atoms with E-state index in [1.165, 1.54) is 0 Å². The smallest absolute Gasteiger partial charge is 0.343 e. The van der Waals surface area contributed by atoms with Crippen molar-refractivity contribution in [3.63, 3.8) is 0 Å². The fourth-order valence-electron chi connectivity index (χ4n) is 3.65. The summed E-state index contributed by atoms with van der Waals surface area (Å²) < 4.78 is 26.6. The normalized spacial score (nSPS) is 10.2. The number of ether oxygens (including phenoxy) is 5. The molecule has 214 valence electrons. The van der Waals surface area contributed by atoms with Gasteiger partial charge in [0.25, 0.3) is 0 Å². The molecule has 0 spiro atoms. The van der Waals surface area contributed by atoms with Gasteiger partial charge in [-0.2, -0.15) is 0 Å². The summed E-state index contributed by atoms with van der Waals surface area (Å²) in [5.74, 6) is 0.439. The van der Waals surface area contributed by atoms with Crippen LogP contribution in [0, 0.1) is 0 Å². The molecule has 3 aromatic carbocycles. The average Bonchev–Trinajstić information content (AvgIpc) is 3.01. The van der Waals surface area contributed by atoms with E-state index in [9.17, 15) is 14.4 Å². The van der Waals surface area contributed by atoms with E-state index in [2.05, 4.69) is 13.2 Å². The first-order valence-electron chi connectivity index (χ1n) is 13.3. The standard InChI is InChI=1S/C33H34O8/c1-3-31(34)39-22-8-6-5-7-21-37-28-17-13-27(14-18-28)33(36)41-30-19-11-26(12-20-30)25-9-15-29(16-10-25)38-23-24-40-32(35)4-2/h3-4,9-20H,1-2,5-8,21-24H2. The molecule has 8 heteroatoms. The summed E-state index contributed by atoms with van der Waals surface area (Å²) in [6.07, 6.45) is 5.86. The molecule has 3 rings (SSSR count). The Kier molecular flexibility index (Phi) is 12.7. The van der Waals surface area contributed by atoms with Crippen LogP contribution >= 0.6 is 0 Å². The largest absolute Gasteiger partial charge is 0.494 e. The minimum atomic E-state index is -0.483. The highest BCUT2D eigenvalue weighted by atomic mass is 16.6. The minimum absolute atomic E-state index is 0.144. The maximum absolute atomic E-state index is 12.6. The summed E-state index contributed by atoms with van der Waals surface area (Å²) in [5.41, 5.74) is 2.34. The van der Waals surface area contributed by atoms with Crippen LogP contribution in [0.15, 0.2) is 98.1 Å². The zero-order valence-corrected chi connectivity index (χ0v) is 22.9. The van der Waals surface area contributed by atoms with E-state index in [1.54, 1.807) is 36.4 Å². The van der Waals surface area contributed by atoms with E-state index in [-0.39, 0.29) is 13.2 Å². The van der Waals surface area contributed by atoms with Crippen molar-refractivity contribution < 1.29 is 38.1 Å². The SMILES string of the molecule is C=CC(=O)OCCCCCCOc1ccc(C(=O)Oc2ccc(-c3ccc(OCCOC(=O)C=C)cc3)cc2)cc1. The van der Waals surface area contributed by atoms with Gasteiger partial charge in [-0.05, 0) is 85.3 Å². The lowest BCUT2D eigenvalue weighted by Gasteiger charge is -2.09. The number of esters is 3. The van der Waals surface area contributed by atoms with Crippen LogP contribution in [-0.4, -0.2) is 44.3 Å². The van der Waals surface area contributed by atoms with Crippen LogP contribution in [0.1, 0.15) is 36.0 Å². The van der Waals surface area contributed by atoms with Crippen LogP contribution in [0.4, 0.5) is 0 Å². The fraction of sp³-hybridized carbons (Fsp3) is 0.242. The van der Waals surface area contributed by atoms with Crippen LogP contribution < -0.4 is 14.2 Å². The lowest BCUT2D eigenvalue weighted by atomic mass is 10.1. The quantitative estimate of drug-likeness (QED) is 0.0818. The van der Waals surface area contributed by atoms with Gasteiger partial charge in [0, 0.05) is 12.2 Å². The summed E-state index contributed by atoms with van der Waals surface area (Å²) in [7, 11) is 0. The molecule has 0 aromatic heterocycles. The lowest BCUT2D eigenvalue weighted by Crippen LogP contribution is -2.10. The highest BCUT2D eigenvalue weighted by Crippen LogP contribution is 2.25. The van der Waals surface area contributed by atoms with Crippen molar-refractivity contribution in [3.05, 3.63) is 104 Å². The number of carbonyl (C=O) groups is 3. The van der Waals surface area contributed by atoms with Crippen LogP contribution in [0.3, 0.4) is 0 Å². The summed E-state index contributed by atoms with van der Waals surface area (Å²) in [6, 6.07) is 21.6. The van der Waals surface area contributed by atoms with Gasteiger partial charge >= 0.3 is 17.9 Å². The molecule has 0 heterocycles. The Hall–Kier alpha value is -4.85. The Labute approximate surface area is 240 Å². The molecule has 0 radical (unpaired) electrons. The van der Waals surface area contributed by atoms with E-state index >= 15 is 0 Å². The number of unbranched alkanes of at least 4 members (excludes halogenated alkanes) is 3. The second-order valence-corrected chi connectivity index (χ2v) is 8.82. The zero-order valence-electron chi connectivity index (χ0n) is 22.9. The third-order valence-electron chi connectivity index (χ3n) is 5.82. The monoisotopic (exact) mass is 558 g/mol. The maximum Gasteiger partial charge on any atom is 0.343 e. The first-order valence-corrected chi connectivity index (χ1v) is 13.3. The third-order valence-corrected chi connectivity index (χ3v) is 5.82.